The molecule has 2 aromatic rings. The summed E-state index contributed by atoms with van der Waals surface area (Å²) in [4.78, 5) is 32.0. The van der Waals surface area contributed by atoms with E-state index < -0.39 is 0 Å². The number of nitrogens with zero attached hydrogens (tertiary/aromatic N) is 2. The summed E-state index contributed by atoms with van der Waals surface area (Å²) in [6, 6.07) is 14.9. The molecule has 0 saturated heterocycles. The van der Waals surface area contributed by atoms with E-state index >= 15 is 0 Å². The second kappa shape index (κ2) is 17.0. The average Bonchev–Trinajstić information content (AvgIpc) is 2.95. The van der Waals surface area contributed by atoms with E-state index in [-0.39, 0.29) is 23.4 Å². The largest absolute Gasteiger partial charge is 0.494 e. The van der Waals surface area contributed by atoms with Crippen molar-refractivity contribution in [2.45, 2.75) is 54.4 Å². The molecule has 0 bridgehead atoms. The van der Waals surface area contributed by atoms with Crippen LogP contribution in [0.2, 0.25) is 0 Å². The topological polar surface area (TPSA) is 59.1 Å². The second-order valence-electron chi connectivity index (χ2n) is 9.59. The van der Waals surface area contributed by atoms with Crippen molar-refractivity contribution in [3.05, 3.63) is 59.7 Å². The van der Waals surface area contributed by atoms with Gasteiger partial charge in [0.15, 0.2) is 11.6 Å². The van der Waals surface area contributed by atoms with Crippen LogP contribution in [-0.4, -0.2) is 73.8 Å². The minimum atomic E-state index is -0.180. The summed E-state index contributed by atoms with van der Waals surface area (Å²) in [6.07, 6.45) is 1.33. The molecule has 38 heavy (non-hydrogen) atoms. The van der Waals surface area contributed by atoms with Gasteiger partial charge in [0.05, 0.1) is 13.2 Å². The zero-order chi connectivity index (χ0) is 27.9. The molecule has 0 aromatic heterocycles. The SMILES string of the molecule is CCOc1ccc(C(=O)[C@H](CC[C@@H](CN(CC)CC)C(=O)c2ccc(OCC)cc2)CN(CC)CC)cc1. The van der Waals surface area contributed by atoms with E-state index in [0.717, 1.165) is 37.7 Å². The Labute approximate surface area is 230 Å². The molecule has 0 fully saturated rings. The van der Waals surface area contributed by atoms with Crippen molar-refractivity contribution in [2.24, 2.45) is 11.8 Å². The van der Waals surface area contributed by atoms with Gasteiger partial charge in [0.2, 0.25) is 0 Å². The molecule has 0 aliphatic heterocycles. The third-order valence-corrected chi connectivity index (χ3v) is 7.25. The van der Waals surface area contributed by atoms with Gasteiger partial charge in [-0.3, -0.25) is 9.59 Å². The first-order chi connectivity index (χ1) is 18.4. The molecule has 0 heterocycles. The summed E-state index contributed by atoms with van der Waals surface area (Å²) in [5, 5.41) is 0. The zero-order valence-electron chi connectivity index (χ0n) is 24.4. The van der Waals surface area contributed by atoms with Gasteiger partial charge in [0.25, 0.3) is 0 Å². The Hall–Kier alpha value is -2.70. The molecule has 0 spiro atoms. The van der Waals surface area contributed by atoms with Crippen molar-refractivity contribution < 1.29 is 19.1 Å². The second-order valence-corrected chi connectivity index (χ2v) is 9.59. The Kier molecular flexibility index (Phi) is 14.1. The Bertz CT molecular complexity index is 871. The van der Waals surface area contributed by atoms with E-state index in [0.29, 0.717) is 50.3 Å². The van der Waals surface area contributed by atoms with Gasteiger partial charge in [-0.05, 0) is 101 Å². The number of ketones is 2. The van der Waals surface area contributed by atoms with E-state index in [2.05, 4.69) is 37.5 Å². The van der Waals surface area contributed by atoms with Crippen LogP contribution in [0.25, 0.3) is 0 Å². The molecular weight excluding hydrogens is 476 g/mol. The van der Waals surface area contributed by atoms with E-state index in [1.54, 1.807) is 0 Å². The van der Waals surface area contributed by atoms with Crippen LogP contribution >= 0.6 is 0 Å². The Morgan fingerprint density at radius 2 is 0.895 bits per heavy atom. The lowest BCUT2D eigenvalue weighted by atomic mass is 9.86. The highest BCUT2D eigenvalue weighted by Gasteiger charge is 2.27. The van der Waals surface area contributed by atoms with Crippen LogP contribution in [0.3, 0.4) is 0 Å². The first-order valence-corrected chi connectivity index (χ1v) is 14.4. The third kappa shape index (κ3) is 9.55. The van der Waals surface area contributed by atoms with Gasteiger partial charge in [-0.2, -0.15) is 0 Å². The number of hydrogen-bond donors (Lipinski definition) is 0. The van der Waals surface area contributed by atoms with Crippen LogP contribution in [0, 0.1) is 11.8 Å². The minimum absolute atomic E-state index is 0.134. The fourth-order valence-corrected chi connectivity index (χ4v) is 4.84. The highest BCUT2D eigenvalue weighted by Crippen LogP contribution is 2.25. The van der Waals surface area contributed by atoms with Gasteiger partial charge in [0.1, 0.15) is 11.5 Å². The van der Waals surface area contributed by atoms with E-state index in [9.17, 15) is 9.59 Å². The summed E-state index contributed by atoms with van der Waals surface area (Å²) in [5.41, 5.74) is 1.40. The lowest BCUT2D eigenvalue weighted by Crippen LogP contribution is -2.36. The maximum atomic E-state index is 13.7. The van der Waals surface area contributed by atoms with E-state index in [4.69, 9.17) is 9.47 Å². The summed E-state index contributed by atoms with van der Waals surface area (Å²) in [6.45, 7) is 18.5. The van der Waals surface area contributed by atoms with Gasteiger partial charge in [0, 0.05) is 36.1 Å². The molecule has 210 valence electrons. The fourth-order valence-electron chi connectivity index (χ4n) is 4.84. The summed E-state index contributed by atoms with van der Waals surface area (Å²) >= 11 is 0. The molecule has 0 N–H and O–H groups in total. The molecule has 0 aliphatic rings. The summed E-state index contributed by atoms with van der Waals surface area (Å²) in [5.74, 6) is 1.44. The first-order valence-electron chi connectivity index (χ1n) is 14.4. The summed E-state index contributed by atoms with van der Waals surface area (Å²) < 4.78 is 11.1. The van der Waals surface area contributed by atoms with E-state index in [1.807, 2.05) is 62.4 Å². The molecule has 2 atom stereocenters. The van der Waals surface area contributed by atoms with Gasteiger partial charge < -0.3 is 19.3 Å². The van der Waals surface area contributed by atoms with Gasteiger partial charge in [-0.15, -0.1) is 0 Å². The fraction of sp³-hybridized carbons (Fsp3) is 0.562. The molecule has 0 saturated carbocycles. The first kappa shape index (κ1) is 31.5. The maximum absolute atomic E-state index is 13.7. The molecule has 0 amide bonds. The zero-order valence-corrected chi connectivity index (χ0v) is 24.4. The Morgan fingerprint density at radius 3 is 1.16 bits per heavy atom. The van der Waals surface area contributed by atoms with E-state index in [1.165, 1.54) is 0 Å². The highest BCUT2D eigenvalue weighted by atomic mass is 16.5. The number of Topliss-reactive ketones (excluding diaryl/α,β-unsaturated/α-hetero) is 2. The molecule has 2 rings (SSSR count). The van der Waals surface area contributed by atoms with Crippen LogP contribution in [0.5, 0.6) is 11.5 Å². The molecule has 6 nitrogen and oxygen atoms in total. The van der Waals surface area contributed by atoms with Gasteiger partial charge in [-0.25, -0.2) is 0 Å². The monoisotopic (exact) mass is 524 g/mol. The van der Waals surface area contributed by atoms with Crippen molar-refractivity contribution in [1.82, 2.24) is 9.80 Å². The predicted octanol–water partition coefficient (Wildman–Crippen LogP) is 6.25. The van der Waals surface area contributed by atoms with Crippen molar-refractivity contribution in [3.63, 3.8) is 0 Å². The molecule has 2 aromatic carbocycles. The van der Waals surface area contributed by atoms with Gasteiger partial charge in [-0.1, -0.05) is 27.7 Å². The smallest absolute Gasteiger partial charge is 0.167 e. The average molecular weight is 525 g/mol. The molecule has 0 radical (unpaired) electrons. The summed E-state index contributed by atoms with van der Waals surface area (Å²) in [7, 11) is 0. The lowest BCUT2D eigenvalue weighted by molar-refractivity contribution is 0.0815. The molecular formula is C32H48N2O4. The van der Waals surface area contributed by atoms with Crippen molar-refractivity contribution >= 4 is 11.6 Å². The lowest BCUT2D eigenvalue weighted by Gasteiger charge is -2.28. The van der Waals surface area contributed by atoms with Crippen LogP contribution in [-0.2, 0) is 0 Å². The Balaban J connectivity index is 2.27. The quantitative estimate of drug-likeness (QED) is 0.203. The van der Waals surface area contributed by atoms with Crippen LogP contribution < -0.4 is 9.47 Å². The van der Waals surface area contributed by atoms with Gasteiger partial charge >= 0.3 is 0 Å². The minimum Gasteiger partial charge on any atom is -0.494 e. The number of carbonyl (C=O) groups excluding carboxylic acids is 2. The number of ether oxygens (including phenoxy) is 2. The third-order valence-electron chi connectivity index (χ3n) is 7.25. The van der Waals surface area contributed by atoms with Crippen LogP contribution in [0.4, 0.5) is 0 Å². The molecule has 6 heteroatoms. The number of benzene rings is 2. The highest BCUT2D eigenvalue weighted by molar-refractivity contribution is 5.99. The maximum Gasteiger partial charge on any atom is 0.167 e. The molecule has 0 unspecified atom stereocenters. The Morgan fingerprint density at radius 1 is 0.579 bits per heavy atom. The number of rotatable bonds is 19. The normalized spacial score (nSPS) is 12.9. The standard InChI is InChI=1S/C32H48N2O4/c1-7-33(8-2)23-27(31(35)25-15-19-29(20-16-25)37-11-5)13-14-28(24-34(9-3)10-4)32(36)26-17-21-30(22-18-26)38-12-6/h15-22,27-28H,7-14,23-24H2,1-6H3/t27-,28+. The van der Waals surface area contributed by atoms with Crippen molar-refractivity contribution in [3.8, 4) is 11.5 Å². The van der Waals surface area contributed by atoms with Crippen molar-refractivity contribution in [1.29, 1.82) is 0 Å². The van der Waals surface area contributed by atoms with Crippen LogP contribution in [0.15, 0.2) is 48.5 Å². The van der Waals surface area contributed by atoms with Crippen molar-refractivity contribution in [2.75, 3.05) is 52.5 Å². The number of carbonyl (C=O) groups is 2. The van der Waals surface area contributed by atoms with Crippen LogP contribution in [0.1, 0.15) is 75.1 Å². The molecule has 0 aliphatic carbocycles. The predicted molar refractivity (Wildman–Crippen MR) is 156 cm³/mol. The number of hydrogen-bond acceptors (Lipinski definition) is 6.